The minimum absolute atomic E-state index is 0.671. The van der Waals surface area contributed by atoms with Crippen molar-refractivity contribution in [3.05, 3.63) is 76.7 Å². The Bertz CT molecular complexity index is 905. The third-order valence-electron chi connectivity index (χ3n) is 4.14. The van der Waals surface area contributed by atoms with Crippen LogP contribution in [0.1, 0.15) is 35.0 Å². The van der Waals surface area contributed by atoms with Gasteiger partial charge in [0.05, 0.1) is 11.4 Å². The number of aromatic nitrogens is 2. The number of carbonyl (C=O) groups is 1. The van der Waals surface area contributed by atoms with E-state index in [1.165, 1.54) is 11.1 Å². The number of hydrogen-bond donors (Lipinski definition) is 1. The van der Waals surface area contributed by atoms with E-state index in [1.54, 1.807) is 6.08 Å². The van der Waals surface area contributed by atoms with Crippen LogP contribution in [0.4, 0.5) is 0 Å². The zero-order chi connectivity index (χ0) is 17.1. The molecule has 0 spiro atoms. The van der Waals surface area contributed by atoms with Gasteiger partial charge in [-0.25, -0.2) is 9.78 Å². The van der Waals surface area contributed by atoms with E-state index in [0.717, 1.165) is 35.1 Å². The van der Waals surface area contributed by atoms with Gasteiger partial charge >= 0.3 is 5.97 Å². The number of carboxylic acid groups (broad SMARTS) is 1. The molecule has 0 saturated heterocycles. The van der Waals surface area contributed by atoms with Gasteiger partial charge in [0.2, 0.25) is 0 Å². The predicted molar refractivity (Wildman–Crippen MR) is 95.2 cm³/mol. The first-order chi connectivity index (χ1) is 11.6. The Kier molecular flexibility index (Phi) is 4.47. The number of hydrogen-bond acceptors (Lipinski definition) is 2. The van der Waals surface area contributed by atoms with Crippen LogP contribution in [0.25, 0.3) is 11.7 Å². The maximum absolute atomic E-state index is 10.9. The van der Waals surface area contributed by atoms with Crippen molar-refractivity contribution in [2.75, 3.05) is 0 Å². The van der Waals surface area contributed by atoms with Gasteiger partial charge in [-0.1, -0.05) is 37.3 Å². The van der Waals surface area contributed by atoms with Crippen LogP contribution in [0.2, 0.25) is 0 Å². The molecule has 1 aromatic carbocycles. The van der Waals surface area contributed by atoms with Crippen LogP contribution in [0.5, 0.6) is 0 Å². The molecule has 0 radical (unpaired) electrons. The van der Waals surface area contributed by atoms with E-state index in [9.17, 15) is 4.79 Å². The summed E-state index contributed by atoms with van der Waals surface area (Å²) in [7, 11) is 0. The van der Waals surface area contributed by atoms with Crippen LogP contribution in [-0.2, 0) is 17.6 Å². The number of aryl methyl sites for hydroxylation is 2. The lowest BCUT2D eigenvalue weighted by Gasteiger charge is -2.03. The van der Waals surface area contributed by atoms with E-state index in [1.807, 2.05) is 29.7 Å². The van der Waals surface area contributed by atoms with Crippen LogP contribution in [0.3, 0.4) is 0 Å². The Morgan fingerprint density at radius 3 is 2.58 bits per heavy atom. The quantitative estimate of drug-likeness (QED) is 0.726. The summed E-state index contributed by atoms with van der Waals surface area (Å²) in [5.41, 5.74) is 6.09. The molecular weight excluding hydrogens is 300 g/mol. The fourth-order valence-corrected chi connectivity index (χ4v) is 2.81. The van der Waals surface area contributed by atoms with Crippen molar-refractivity contribution < 1.29 is 9.90 Å². The summed E-state index contributed by atoms with van der Waals surface area (Å²) in [6, 6.07) is 12.4. The molecule has 2 heterocycles. The lowest BCUT2D eigenvalue weighted by Crippen LogP contribution is -1.95. The predicted octanol–water partition coefficient (Wildman–Crippen LogP) is 3.89. The van der Waals surface area contributed by atoms with Gasteiger partial charge in [0.15, 0.2) is 0 Å². The van der Waals surface area contributed by atoms with Crippen LogP contribution in [0.15, 0.2) is 48.7 Å². The van der Waals surface area contributed by atoms with Gasteiger partial charge in [0.1, 0.15) is 5.65 Å². The second kappa shape index (κ2) is 6.71. The summed E-state index contributed by atoms with van der Waals surface area (Å²) in [6.45, 7) is 4.14. The average molecular weight is 320 g/mol. The highest BCUT2D eigenvalue weighted by molar-refractivity contribution is 5.85. The van der Waals surface area contributed by atoms with Gasteiger partial charge in [0.25, 0.3) is 0 Å². The number of pyridine rings is 1. The van der Waals surface area contributed by atoms with E-state index < -0.39 is 5.97 Å². The summed E-state index contributed by atoms with van der Waals surface area (Å²) in [5, 5.41) is 8.96. The van der Waals surface area contributed by atoms with Crippen LogP contribution >= 0.6 is 0 Å². The Balaban J connectivity index is 2.06. The van der Waals surface area contributed by atoms with E-state index in [2.05, 4.69) is 31.2 Å². The van der Waals surface area contributed by atoms with Crippen LogP contribution in [-0.4, -0.2) is 20.5 Å². The van der Waals surface area contributed by atoms with Crippen molar-refractivity contribution in [2.45, 2.75) is 26.7 Å². The van der Waals surface area contributed by atoms with Crippen LogP contribution < -0.4 is 0 Å². The SMILES string of the molecule is CCc1ccc(Cc2nc3c(C)cccn3c2/C=C/C(=O)O)cc1. The molecule has 122 valence electrons. The smallest absolute Gasteiger partial charge is 0.328 e. The van der Waals surface area contributed by atoms with Crippen molar-refractivity contribution >= 4 is 17.7 Å². The summed E-state index contributed by atoms with van der Waals surface area (Å²) >= 11 is 0. The molecule has 0 aliphatic heterocycles. The summed E-state index contributed by atoms with van der Waals surface area (Å²) < 4.78 is 1.95. The molecule has 0 aliphatic rings. The zero-order valence-corrected chi connectivity index (χ0v) is 13.9. The summed E-state index contributed by atoms with van der Waals surface area (Å²) in [5.74, 6) is -0.962. The highest BCUT2D eigenvalue weighted by atomic mass is 16.4. The summed E-state index contributed by atoms with van der Waals surface area (Å²) in [4.78, 5) is 15.7. The van der Waals surface area contributed by atoms with Gasteiger partial charge in [-0.2, -0.15) is 0 Å². The molecule has 3 aromatic rings. The van der Waals surface area contributed by atoms with E-state index in [-0.39, 0.29) is 0 Å². The molecule has 2 aromatic heterocycles. The maximum atomic E-state index is 10.9. The molecule has 0 amide bonds. The fraction of sp³-hybridized carbons (Fsp3) is 0.200. The Labute approximate surface area is 141 Å². The number of rotatable bonds is 5. The first kappa shape index (κ1) is 16.0. The highest BCUT2D eigenvalue weighted by Crippen LogP contribution is 2.20. The van der Waals surface area contributed by atoms with Gasteiger partial charge in [-0.3, -0.25) is 4.40 Å². The standard InChI is InChI=1S/C20H20N2O2/c1-3-15-6-8-16(9-7-15)13-17-18(10-11-19(23)24)22-12-4-5-14(2)20(22)21-17/h4-12H,3,13H2,1-2H3,(H,23,24)/b11-10+. The molecule has 3 rings (SSSR count). The molecule has 4 nitrogen and oxygen atoms in total. The third-order valence-corrected chi connectivity index (χ3v) is 4.14. The maximum Gasteiger partial charge on any atom is 0.328 e. The fourth-order valence-electron chi connectivity index (χ4n) is 2.81. The first-order valence-corrected chi connectivity index (χ1v) is 8.04. The van der Waals surface area contributed by atoms with Gasteiger partial charge in [0, 0.05) is 18.7 Å². The van der Waals surface area contributed by atoms with Gasteiger partial charge in [-0.15, -0.1) is 0 Å². The number of benzene rings is 1. The van der Waals surface area contributed by atoms with Crippen molar-refractivity contribution in [2.24, 2.45) is 0 Å². The Hall–Kier alpha value is -2.88. The average Bonchev–Trinajstić information content (AvgIpc) is 2.92. The number of fused-ring (bicyclic) bond motifs is 1. The highest BCUT2D eigenvalue weighted by Gasteiger charge is 2.12. The molecule has 0 saturated carbocycles. The normalized spacial score (nSPS) is 11.4. The number of imidazole rings is 1. The zero-order valence-electron chi connectivity index (χ0n) is 13.9. The van der Waals surface area contributed by atoms with E-state index >= 15 is 0 Å². The largest absolute Gasteiger partial charge is 0.478 e. The van der Waals surface area contributed by atoms with E-state index in [4.69, 9.17) is 10.1 Å². The topological polar surface area (TPSA) is 54.6 Å². The lowest BCUT2D eigenvalue weighted by molar-refractivity contribution is -0.131. The Morgan fingerprint density at radius 1 is 1.21 bits per heavy atom. The molecule has 24 heavy (non-hydrogen) atoms. The first-order valence-electron chi connectivity index (χ1n) is 8.04. The number of aliphatic carboxylic acids is 1. The van der Waals surface area contributed by atoms with Crippen molar-refractivity contribution in [3.63, 3.8) is 0 Å². The molecule has 0 aliphatic carbocycles. The van der Waals surface area contributed by atoms with E-state index in [0.29, 0.717) is 6.42 Å². The van der Waals surface area contributed by atoms with Gasteiger partial charge < -0.3 is 5.11 Å². The molecular formula is C20H20N2O2. The second-order valence-electron chi connectivity index (χ2n) is 5.85. The molecule has 0 fully saturated rings. The molecule has 0 atom stereocenters. The van der Waals surface area contributed by atoms with Crippen molar-refractivity contribution in [1.82, 2.24) is 9.38 Å². The minimum Gasteiger partial charge on any atom is -0.478 e. The molecule has 4 heteroatoms. The van der Waals surface area contributed by atoms with Crippen molar-refractivity contribution in [1.29, 1.82) is 0 Å². The minimum atomic E-state index is -0.962. The monoisotopic (exact) mass is 320 g/mol. The number of carboxylic acids is 1. The van der Waals surface area contributed by atoms with Crippen LogP contribution in [0, 0.1) is 6.92 Å². The van der Waals surface area contributed by atoms with Gasteiger partial charge in [-0.05, 0) is 42.2 Å². The number of nitrogens with zero attached hydrogens (tertiary/aromatic N) is 2. The Morgan fingerprint density at radius 2 is 1.92 bits per heavy atom. The van der Waals surface area contributed by atoms with Crippen molar-refractivity contribution in [3.8, 4) is 0 Å². The third kappa shape index (κ3) is 3.23. The second-order valence-corrected chi connectivity index (χ2v) is 5.85. The molecule has 0 bridgehead atoms. The molecule has 1 N–H and O–H groups in total. The molecule has 0 unspecified atom stereocenters. The lowest BCUT2D eigenvalue weighted by atomic mass is 10.1. The summed E-state index contributed by atoms with van der Waals surface area (Å²) in [6.07, 6.45) is 6.39.